The summed E-state index contributed by atoms with van der Waals surface area (Å²) in [6, 6.07) is 4.81. The summed E-state index contributed by atoms with van der Waals surface area (Å²) in [5.74, 6) is -0.149. The number of rotatable bonds is 4. The normalized spacial score (nSPS) is 16.6. The highest BCUT2D eigenvalue weighted by Crippen LogP contribution is 2.29. The molecule has 2 rings (SSSR count). The minimum atomic E-state index is -0.295. The number of nitrogens with one attached hydrogen (secondary N) is 2. The highest BCUT2D eigenvalue weighted by Gasteiger charge is 2.31. The number of para-hydroxylation sites is 1. The van der Waals surface area contributed by atoms with E-state index in [0.29, 0.717) is 48.5 Å². The molecule has 0 saturated carbocycles. The first-order valence-electron chi connectivity index (χ1n) is 7.95. The number of amides is 2. The Hall–Kier alpha value is -1.50. The minimum absolute atomic E-state index is 0.149. The number of quaternary nitrogens is 1. The Morgan fingerprint density at radius 2 is 1.88 bits per heavy atom. The van der Waals surface area contributed by atoms with Crippen molar-refractivity contribution in [3.05, 3.63) is 28.2 Å². The zero-order valence-electron chi connectivity index (χ0n) is 13.8. The second-order valence-electron chi connectivity index (χ2n) is 5.65. The van der Waals surface area contributed by atoms with Crippen LogP contribution in [0.15, 0.2) is 18.2 Å². The molecule has 24 heavy (non-hydrogen) atoms. The molecule has 1 fully saturated rings. The summed E-state index contributed by atoms with van der Waals surface area (Å²) in [7, 11) is 0. The molecule has 1 aromatic carbocycles. The lowest BCUT2D eigenvalue weighted by molar-refractivity contribution is -0.917. The first-order valence-corrected chi connectivity index (χ1v) is 8.70. The van der Waals surface area contributed by atoms with Crippen LogP contribution in [0.1, 0.15) is 13.8 Å². The maximum absolute atomic E-state index is 12.5. The van der Waals surface area contributed by atoms with E-state index in [9.17, 15) is 9.59 Å². The van der Waals surface area contributed by atoms with E-state index in [-0.39, 0.29) is 18.0 Å². The van der Waals surface area contributed by atoms with Crippen LogP contribution in [0.5, 0.6) is 0 Å². The lowest BCUT2D eigenvalue weighted by atomic mass is 10.2. The van der Waals surface area contributed by atoms with Crippen molar-refractivity contribution in [1.82, 2.24) is 4.90 Å². The number of hydrogen-bond acceptors (Lipinski definition) is 3. The van der Waals surface area contributed by atoms with Gasteiger partial charge in [0, 0.05) is 0 Å². The van der Waals surface area contributed by atoms with E-state index in [1.165, 1.54) is 0 Å². The van der Waals surface area contributed by atoms with Crippen LogP contribution in [0.25, 0.3) is 0 Å². The van der Waals surface area contributed by atoms with Crippen molar-refractivity contribution in [2.45, 2.75) is 19.9 Å². The zero-order chi connectivity index (χ0) is 17.7. The lowest BCUT2D eigenvalue weighted by Gasteiger charge is -2.34. The molecule has 2 N–H and O–H groups in total. The molecule has 0 aliphatic carbocycles. The third-order valence-electron chi connectivity index (χ3n) is 4.15. The third-order valence-corrected chi connectivity index (χ3v) is 4.78. The molecule has 1 atom stereocenters. The number of benzene rings is 1. The van der Waals surface area contributed by atoms with Crippen molar-refractivity contribution in [3.63, 3.8) is 0 Å². The van der Waals surface area contributed by atoms with Gasteiger partial charge in [-0.3, -0.25) is 9.69 Å². The van der Waals surface area contributed by atoms with Crippen LogP contribution in [-0.2, 0) is 9.53 Å². The summed E-state index contributed by atoms with van der Waals surface area (Å²) >= 11 is 12.2. The van der Waals surface area contributed by atoms with E-state index in [2.05, 4.69) is 5.32 Å². The molecule has 1 aliphatic rings. The highest BCUT2D eigenvalue weighted by atomic mass is 35.5. The number of anilines is 1. The summed E-state index contributed by atoms with van der Waals surface area (Å²) in [5.41, 5.74) is 0.433. The molecule has 0 spiro atoms. The van der Waals surface area contributed by atoms with Crippen LogP contribution in [0.3, 0.4) is 0 Å². The SMILES string of the molecule is CCOC(=O)N1CC[NH+]([C@@H](C)C(=O)Nc2c(Cl)cccc2Cl)CC1. The first kappa shape index (κ1) is 18.8. The van der Waals surface area contributed by atoms with Gasteiger partial charge in [-0.25, -0.2) is 4.79 Å². The predicted molar refractivity (Wildman–Crippen MR) is 93.8 cm³/mol. The molecular weight excluding hydrogens is 353 g/mol. The lowest BCUT2D eigenvalue weighted by Crippen LogP contribution is -3.19. The molecule has 0 aromatic heterocycles. The number of ether oxygens (including phenoxy) is 1. The maximum Gasteiger partial charge on any atom is 0.410 e. The van der Waals surface area contributed by atoms with Crippen molar-refractivity contribution in [2.24, 2.45) is 0 Å². The highest BCUT2D eigenvalue weighted by molar-refractivity contribution is 6.39. The molecule has 6 nitrogen and oxygen atoms in total. The Kier molecular flexibility index (Phi) is 6.71. The molecule has 0 unspecified atom stereocenters. The minimum Gasteiger partial charge on any atom is -0.450 e. The Morgan fingerprint density at radius 3 is 2.42 bits per heavy atom. The fourth-order valence-electron chi connectivity index (χ4n) is 2.66. The second kappa shape index (κ2) is 8.55. The van der Waals surface area contributed by atoms with Gasteiger partial charge in [0.1, 0.15) is 0 Å². The van der Waals surface area contributed by atoms with Crippen LogP contribution in [-0.4, -0.2) is 55.7 Å². The first-order chi connectivity index (χ1) is 11.4. The van der Waals surface area contributed by atoms with Gasteiger partial charge >= 0.3 is 6.09 Å². The Balaban J connectivity index is 1.92. The van der Waals surface area contributed by atoms with Gasteiger partial charge in [0.25, 0.3) is 5.91 Å². The smallest absolute Gasteiger partial charge is 0.410 e. The van der Waals surface area contributed by atoms with E-state index >= 15 is 0 Å². The molecule has 1 heterocycles. The molecule has 1 saturated heterocycles. The fraction of sp³-hybridized carbons (Fsp3) is 0.500. The van der Waals surface area contributed by atoms with Gasteiger partial charge in [0.2, 0.25) is 0 Å². The standard InChI is InChI=1S/C16H21Cl2N3O3/c1-3-24-16(23)21-9-7-20(8-10-21)11(2)15(22)19-14-12(17)5-4-6-13(14)18/h4-6,11H,3,7-10H2,1-2H3,(H,19,22)/p+1/t11-/m0/s1. The molecule has 1 aliphatic heterocycles. The number of nitrogens with zero attached hydrogens (tertiary/aromatic N) is 1. The van der Waals surface area contributed by atoms with Crippen LogP contribution >= 0.6 is 23.2 Å². The number of carbonyl (C=O) groups is 2. The molecule has 1 aromatic rings. The number of piperazine rings is 1. The Bertz CT molecular complexity index is 584. The van der Waals surface area contributed by atoms with Crippen LogP contribution in [0.4, 0.5) is 10.5 Å². The van der Waals surface area contributed by atoms with Crippen molar-refractivity contribution in [1.29, 1.82) is 0 Å². The van der Waals surface area contributed by atoms with Gasteiger partial charge in [-0.2, -0.15) is 0 Å². The molecule has 8 heteroatoms. The van der Waals surface area contributed by atoms with Crippen LogP contribution in [0, 0.1) is 0 Å². The largest absolute Gasteiger partial charge is 0.450 e. The van der Waals surface area contributed by atoms with Crippen molar-refractivity contribution in [2.75, 3.05) is 38.1 Å². The van der Waals surface area contributed by atoms with E-state index in [4.69, 9.17) is 27.9 Å². The van der Waals surface area contributed by atoms with E-state index in [1.807, 2.05) is 6.92 Å². The van der Waals surface area contributed by atoms with Gasteiger partial charge in [-0.15, -0.1) is 0 Å². The van der Waals surface area contributed by atoms with Gasteiger partial charge in [-0.1, -0.05) is 29.3 Å². The van der Waals surface area contributed by atoms with Gasteiger partial charge in [0.15, 0.2) is 6.04 Å². The topological polar surface area (TPSA) is 63.1 Å². The summed E-state index contributed by atoms with van der Waals surface area (Å²) in [6.07, 6.45) is -0.295. The van der Waals surface area contributed by atoms with E-state index in [1.54, 1.807) is 30.0 Å². The quantitative estimate of drug-likeness (QED) is 0.842. The van der Waals surface area contributed by atoms with Crippen molar-refractivity contribution >= 4 is 40.9 Å². The fourth-order valence-corrected chi connectivity index (χ4v) is 3.15. The Morgan fingerprint density at radius 1 is 1.29 bits per heavy atom. The summed E-state index contributed by atoms with van der Waals surface area (Å²) in [4.78, 5) is 27.0. The summed E-state index contributed by atoms with van der Waals surface area (Å²) in [6.45, 7) is 6.51. The van der Waals surface area contributed by atoms with Crippen LogP contribution in [0.2, 0.25) is 10.0 Å². The van der Waals surface area contributed by atoms with Gasteiger partial charge in [0.05, 0.1) is 48.5 Å². The average Bonchev–Trinajstić information content (AvgIpc) is 2.58. The molecule has 0 radical (unpaired) electrons. The maximum atomic E-state index is 12.5. The van der Waals surface area contributed by atoms with E-state index < -0.39 is 0 Å². The molecule has 132 valence electrons. The third kappa shape index (κ3) is 4.53. The summed E-state index contributed by atoms with van der Waals surface area (Å²) in [5, 5.41) is 3.62. The van der Waals surface area contributed by atoms with Crippen LogP contribution < -0.4 is 10.2 Å². The average molecular weight is 375 g/mol. The predicted octanol–water partition coefficient (Wildman–Crippen LogP) is 1.68. The molecule has 2 amide bonds. The number of carbonyl (C=O) groups excluding carboxylic acids is 2. The van der Waals surface area contributed by atoms with Gasteiger partial charge < -0.3 is 15.0 Å². The summed E-state index contributed by atoms with van der Waals surface area (Å²) < 4.78 is 5.00. The Labute approximate surface area is 151 Å². The molecule has 0 bridgehead atoms. The number of hydrogen-bond donors (Lipinski definition) is 2. The number of halogens is 2. The second-order valence-corrected chi connectivity index (χ2v) is 6.47. The monoisotopic (exact) mass is 374 g/mol. The zero-order valence-corrected chi connectivity index (χ0v) is 15.3. The molecular formula is C16H22Cl2N3O3+. The van der Waals surface area contributed by atoms with Crippen molar-refractivity contribution < 1.29 is 19.2 Å². The van der Waals surface area contributed by atoms with E-state index in [0.717, 1.165) is 4.90 Å². The van der Waals surface area contributed by atoms with Gasteiger partial charge in [-0.05, 0) is 26.0 Å². The van der Waals surface area contributed by atoms with Crippen molar-refractivity contribution in [3.8, 4) is 0 Å².